The number of nitriles is 1. The SMILES string of the molecule is COc1ccc(-c2cc(-c3ccc(Cl)c(Cl)c3)[nH]c(=O)c2C#N)cc1. The third kappa shape index (κ3) is 3.39. The van der Waals surface area contributed by atoms with Crippen molar-refractivity contribution in [3.63, 3.8) is 0 Å². The molecule has 1 heterocycles. The van der Waals surface area contributed by atoms with Crippen LogP contribution in [0.3, 0.4) is 0 Å². The average Bonchev–Trinajstić information content (AvgIpc) is 2.63. The largest absolute Gasteiger partial charge is 0.497 e. The van der Waals surface area contributed by atoms with Crippen LogP contribution >= 0.6 is 23.2 Å². The lowest BCUT2D eigenvalue weighted by Crippen LogP contribution is -2.12. The van der Waals surface area contributed by atoms with Crippen molar-refractivity contribution in [2.45, 2.75) is 0 Å². The first-order chi connectivity index (χ1) is 12.0. The van der Waals surface area contributed by atoms with E-state index in [0.29, 0.717) is 32.6 Å². The van der Waals surface area contributed by atoms with E-state index >= 15 is 0 Å². The summed E-state index contributed by atoms with van der Waals surface area (Å²) in [4.78, 5) is 15.1. The van der Waals surface area contributed by atoms with Crippen molar-refractivity contribution in [1.29, 1.82) is 5.26 Å². The van der Waals surface area contributed by atoms with Gasteiger partial charge in [-0.15, -0.1) is 0 Å². The number of benzene rings is 2. The van der Waals surface area contributed by atoms with Gasteiger partial charge in [-0.3, -0.25) is 4.79 Å². The molecule has 25 heavy (non-hydrogen) atoms. The van der Waals surface area contributed by atoms with Crippen molar-refractivity contribution in [2.75, 3.05) is 7.11 Å². The van der Waals surface area contributed by atoms with Gasteiger partial charge in [0.1, 0.15) is 17.4 Å². The molecule has 0 bridgehead atoms. The lowest BCUT2D eigenvalue weighted by atomic mass is 9.99. The number of H-pyrrole nitrogens is 1. The van der Waals surface area contributed by atoms with Gasteiger partial charge in [0.25, 0.3) is 5.56 Å². The Morgan fingerprint density at radius 3 is 2.28 bits per heavy atom. The molecule has 2 aromatic carbocycles. The van der Waals surface area contributed by atoms with Crippen molar-refractivity contribution in [3.8, 4) is 34.2 Å². The molecule has 0 spiro atoms. The second kappa shape index (κ2) is 7.02. The van der Waals surface area contributed by atoms with Crippen molar-refractivity contribution in [3.05, 3.63) is 74.5 Å². The molecule has 6 heteroatoms. The molecule has 3 rings (SSSR count). The van der Waals surface area contributed by atoms with Crippen LogP contribution < -0.4 is 10.3 Å². The smallest absolute Gasteiger partial charge is 0.266 e. The van der Waals surface area contributed by atoms with Gasteiger partial charge in [-0.2, -0.15) is 5.26 Å². The Labute approximate surface area is 154 Å². The van der Waals surface area contributed by atoms with Crippen molar-refractivity contribution in [2.24, 2.45) is 0 Å². The van der Waals surface area contributed by atoms with Crippen molar-refractivity contribution >= 4 is 23.2 Å². The van der Waals surface area contributed by atoms with Gasteiger partial charge in [0.05, 0.1) is 17.2 Å². The molecule has 3 aromatic rings. The Hall–Kier alpha value is -2.74. The van der Waals surface area contributed by atoms with Gasteiger partial charge in [-0.05, 0) is 41.5 Å². The molecule has 0 unspecified atom stereocenters. The monoisotopic (exact) mass is 370 g/mol. The summed E-state index contributed by atoms with van der Waals surface area (Å²) in [5.41, 5.74) is 2.12. The van der Waals surface area contributed by atoms with E-state index in [2.05, 4.69) is 4.98 Å². The number of hydrogen-bond acceptors (Lipinski definition) is 3. The summed E-state index contributed by atoms with van der Waals surface area (Å²) < 4.78 is 5.14. The Balaban J connectivity index is 2.20. The minimum absolute atomic E-state index is 0.0500. The molecule has 1 N–H and O–H groups in total. The number of nitrogens with zero attached hydrogens (tertiary/aromatic N) is 1. The van der Waals surface area contributed by atoms with Gasteiger partial charge < -0.3 is 9.72 Å². The highest BCUT2D eigenvalue weighted by Crippen LogP contribution is 2.30. The van der Waals surface area contributed by atoms with E-state index in [4.69, 9.17) is 27.9 Å². The zero-order valence-corrected chi connectivity index (χ0v) is 14.7. The highest BCUT2D eigenvalue weighted by molar-refractivity contribution is 6.42. The standard InChI is InChI=1S/C19H12Cl2N2O2/c1-25-13-5-2-11(3-6-13)14-9-18(23-19(24)15(14)10-22)12-4-7-16(20)17(21)8-12/h2-9H,1H3,(H,23,24). The highest BCUT2D eigenvalue weighted by atomic mass is 35.5. The van der Waals surface area contributed by atoms with Gasteiger partial charge in [-0.25, -0.2) is 0 Å². The molecule has 4 nitrogen and oxygen atoms in total. The minimum Gasteiger partial charge on any atom is -0.497 e. The Kier molecular flexibility index (Phi) is 4.80. The summed E-state index contributed by atoms with van der Waals surface area (Å²) in [5, 5.41) is 10.2. The van der Waals surface area contributed by atoms with Gasteiger partial charge in [0, 0.05) is 11.3 Å². The Morgan fingerprint density at radius 1 is 1.00 bits per heavy atom. The molecule has 1 aromatic heterocycles. The summed E-state index contributed by atoms with van der Waals surface area (Å²) in [7, 11) is 1.57. The Morgan fingerprint density at radius 2 is 1.68 bits per heavy atom. The number of halogens is 2. The number of nitrogens with one attached hydrogen (secondary N) is 1. The van der Waals surface area contributed by atoms with Crippen LogP contribution in [0.2, 0.25) is 10.0 Å². The summed E-state index contributed by atoms with van der Waals surface area (Å²) >= 11 is 12.0. The molecule has 0 aliphatic rings. The second-order valence-electron chi connectivity index (χ2n) is 5.27. The molecule has 0 saturated carbocycles. The lowest BCUT2D eigenvalue weighted by molar-refractivity contribution is 0.415. The quantitative estimate of drug-likeness (QED) is 0.713. The molecular formula is C19H12Cl2N2O2. The predicted molar refractivity (Wildman–Crippen MR) is 99.2 cm³/mol. The average molecular weight is 371 g/mol. The number of ether oxygens (including phenoxy) is 1. The third-order valence-corrected chi connectivity index (χ3v) is 4.52. The molecule has 0 aliphatic carbocycles. The fourth-order valence-electron chi connectivity index (χ4n) is 2.49. The first kappa shape index (κ1) is 17.1. The number of rotatable bonds is 3. The lowest BCUT2D eigenvalue weighted by Gasteiger charge is -2.09. The van der Waals surface area contributed by atoms with Crippen LogP contribution in [-0.2, 0) is 0 Å². The number of aromatic nitrogens is 1. The summed E-state index contributed by atoms with van der Waals surface area (Å²) in [6.45, 7) is 0. The number of aromatic amines is 1. The summed E-state index contributed by atoms with van der Waals surface area (Å²) in [6.07, 6.45) is 0. The third-order valence-electron chi connectivity index (χ3n) is 3.78. The number of methoxy groups -OCH3 is 1. The van der Waals surface area contributed by atoms with Crippen LogP contribution in [0.1, 0.15) is 5.56 Å². The van der Waals surface area contributed by atoms with Gasteiger partial charge in [-0.1, -0.05) is 41.4 Å². The first-order valence-electron chi connectivity index (χ1n) is 7.30. The van der Waals surface area contributed by atoms with Crippen molar-refractivity contribution in [1.82, 2.24) is 4.98 Å². The molecule has 0 fully saturated rings. The van der Waals surface area contributed by atoms with E-state index in [9.17, 15) is 10.1 Å². The van der Waals surface area contributed by atoms with E-state index in [1.165, 1.54) is 0 Å². The number of hydrogen-bond donors (Lipinski definition) is 1. The maximum Gasteiger partial charge on any atom is 0.266 e. The summed E-state index contributed by atoms with van der Waals surface area (Å²) in [6, 6.07) is 15.9. The normalized spacial score (nSPS) is 10.3. The zero-order valence-electron chi connectivity index (χ0n) is 13.1. The zero-order chi connectivity index (χ0) is 18.0. The summed E-state index contributed by atoms with van der Waals surface area (Å²) in [5.74, 6) is 0.691. The number of pyridine rings is 1. The maximum absolute atomic E-state index is 12.4. The van der Waals surface area contributed by atoms with E-state index in [0.717, 1.165) is 5.56 Å². The van der Waals surface area contributed by atoms with Crippen LogP contribution in [0, 0.1) is 11.3 Å². The van der Waals surface area contributed by atoms with Crippen LogP contribution in [0.15, 0.2) is 53.3 Å². The predicted octanol–water partition coefficient (Wildman–Crippen LogP) is 4.90. The molecule has 0 atom stereocenters. The Bertz CT molecular complexity index is 1030. The van der Waals surface area contributed by atoms with Crippen LogP contribution in [0.25, 0.3) is 22.4 Å². The van der Waals surface area contributed by atoms with Gasteiger partial charge >= 0.3 is 0 Å². The van der Waals surface area contributed by atoms with E-state index in [1.807, 2.05) is 6.07 Å². The van der Waals surface area contributed by atoms with E-state index < -0.39 is 5.56 Å². The minimum atomic E-state index is -0.461. The van der Waals surface area contributed by atoms with Gasteiger partial charge in [0.15, 0.2) is 0 Å². The maximum atomic E-state index is 12.4. The molecule has 0 amide bonds. The second-order valence-corrected chi connectivity index (χ2v) is 6.08. The molecule has 124 valence electrons. The van der Waals surface area contributed by atoms with Crippen LogP contribution in [-0.4, -0.2) is 12.1 Å². The van der Waals surface area contributed by atoms with Crippen LogP contribution in [0.4, 0.5) is 0 Å². The molecule has 0 aliphatic heterocycles. The van der Waals surface area contributed by atoms with Crippen LogP contribution in [0.5, 0.6) is 5.75 Å². The molecule has 0 radical (unpaired) electrons. The van der Waals surface area contributed by atoms with E-state index in [-0.39, 0.29) is 5.56 Å². The van der Waals surface area contributed by atoms with Crippen molar-refractivity contribution < 1.29 is 4.74 Å². The fourth-order valence-corrected chi connectivity index (χ4v) is 2.79. The van der Waals surface area contributed by atoms with E-state index in [1.54, 1.807) is 55.6 Å². The van der Waals surface area contributed by atoms with Gasteiger partial charge in [0.2, 0.25) is 0 Å². The first-order valence-corrected chi connectivity index (χ1v) is 8.06. The molecular weight excluding hydrogens is 359 g/mol. The topological polar surface area (TPSA) is 65.9 Å². The highest BCUT2D eigenvalue weighted by Gasteiger charge is 2.13. The molecule has 0 saturated heterocycles. The fraction of sp³-hybridized carbons (Fsp3) is 0.0526.